The Hall–Kier alpha value is -1.83. The fourth-order valence-electron chi connectivity index (χ4n) is 2.35. The highest BCUT2D eigenvalue weighted by atomic mass is 16.5. The van der Waals surface area contributed by atoms with Gasteiger partial charge in [-0.1, -0.05) is 54.6 Å². The Balaban J connectivity index is 1.73. The van der Waals surface area contributed by atoms with Gasteiger partial charge in [-0.2, -0.15) is 0 Å². The van der Waals surface area contributed by atoms with Gasteiger partial charge in [0, 0.05) is 0 Å². The van der Waals surface area contributed by atoms with E-state index in [1.165, 1.54) is 5.56 Å². The molecule has 2 atom stereocenters. The molecule has 1 fully saturated rings. The van der Waals surface area contributed by atoms with E-state index >= 15 is 0 Å². The van der Waals surface area contributed by atoms with Crippen LogP contribution in [0.3, 0.4) is 0 Å². The molecular weight excluding hydrogens is 212 g/mol. The smallest absolute Gasteiger partial charge is 0.316 e. The number of ether oxygens (including phenoxy) is 1. The summed E-state index contributed by atoms with van der Waals surface area (Å²) >= 11 is 0. The maximum atomic E-state index is 11.7. The molecule has 0 amide bonds. The van der Waals surface area contributed by atoms with Crippen LogP contribution in [-0.4, -0.2) is 12.6 Å². The molecule has 1 spiro atoms. The lowest BCUT2D eigenvalue weighted by Crippen LogP contribution is -2.22. The van der Waals surface area contributed by atoms with Crippen LogP contribution in [0.2, 0.25) is 0 Å². The summed E-state index contributed by atoms with van der Waals surface area (Å²) in [6.07, 6.45) is 9.03. The zero-order valence-corrected chi connectivity index (χ0v) is 9.50. The van der Waals surface area contributed by atoms with E-state index in [9.17, 15) is 4.79 Å². The summed E-state index contributed by atoms with van der Waals surface area (Å²) in [5.41, 5.74) is 0.825. The molecule has 17 heavy (non-hydrogen) atoms. The number of benzene rings is 1. The van der Waals surface area contributed by atoms with E-state index in [4.69, 9.17) is 4.74 Å². The average Bonchev–Trinajstić information content (AvgIpc) is 3.07. The first-order valence-corrected chi connectivity index (χ1v) is 5.89. The van der Waals surface area contributed by atoms with Crippen molar-refractivity contribution in [2.75, 3.05) is 6.61 Å². The summed E-state index contributed by atoms with van der Waals surface area (Å²) in [4.78, 5) is 11.7. The standard InChI is InChI=1S/C15H14O2/c16-14-15(9-4-10-17-14)11-13(15)8-7-12-5-2-1-3-6-12/h1-9,13H,10-11H2/b8-7+/t13-,15+/m0/s1. The van der Waals surface area contributed by atoms with Crippen molar-refractivity contribution in [1.29, 1.82) is 0 Å². The Morgan fingerprint density at radius 1 is 1.29 bits per heavy atom. The third-order valence-corrected chi connectivity index (χ3v) is 3.49. The van der Waals surface area contributed by atoms with Crippen molar-refractivity contribution in [3.05, 3.63) is 54.1 Å². The SMILES string of the molecule is O=C1OCC=C[C@]12C[C@@H]2/C=C/c1ccccc1. The van der Waals surface area contributed by atoms with Crippen molar-refractivity contribution < 1.29 is 9.53 Å². The predicted molar refractivity (Wildman–Crippen MR) is 66.1 cm³/mol. The Bertz CT molecular complexity index is 487. The molecule has 0 unspecified atom stereocenters. The van der Waals surface area contributed by atoms with E-state index in [0.717, 1.165) is 6.42 Å². The molecule has 0 N–H and O–H groups in total. The summed E-state index contributed by atoms with van der Waals surface area (Å²) in [5, 5.41) is 0. The summed E-state index contributed by atoms with van der Waals surface area (Å²) < 4.78 is 5.08. The quantitative estimate of drug-likeness (QED) is 0.572. The second kappa shape index (κ2) is 3.88. The summed E-state index contributed by atoms with van der Waals surface area (Å²) in [6, 6.07) is 10.1. The van der Waals surface area contributed by atoms with Gasteiger partial charge >= 0.3 is 5.97 Å². The van der Waals surface area contributed by atoms with Crippen molar-refractivity contribution in [2.45, 2.75) is 6.42 Å². The second-order valence-corrected chi connectivity index (χ2v) is 4.62. The van der Waals surface area contributed by atoms with Crippen LogP contribution in [0, 0.1) is 11.3 Å². The number of esters is 1. The van der Waals surface area contributed by atoms with Crippen molar-refractivity contribution in [3.8, 4) is 0 Å². The average molecular weight is 226 g/mol. The first-order chi connectivity index (χ1) is 8.31. The van der Waals surface area contributed by atoms with Gasteiger partial charge in [0.1, 0.15) is 6.61 Å². The maximum Gasteiger partial charge on any atom is 0.316 e. The number of cyclic esters (lactones) is 1. The molecule has 1 aromatic rings. The molecule has 86 valence electrons. The molecule has 0 bridgehead atoms. The van der Waals surface area contributed by atoms with Crippen molar-refractivity contribution in [3.63, 3.8) is 0 Å². The van der Waals surface area contributed by atoms with Gasteiger partial charge in [0.05, 0.1) is 5.41 Å². The first-order valence-electron chi connectivity index (χ1n) is 5.89. The lowest BCUT2D eigenvalue weighted by atomic mass is 10.0. The predicted octanol–water partition coefficient (Wildman–Crippen LogP) is 2.82. The minimum atomic E-state index is -0.344. The minimum Gasteiger partial charge on any atom is -0.461 e. The zero-order chi connectivity index (χ0) is 11.7. The van der Waals surface area contributed by atoms with E-state index in [0.29, 0.717) is 12.5 Å². The van der Waals surface area contributed by atoms with Gasteiger partial charge in [-0.25, -0.2) is 0 Å². The fourth-order valence-corrected chi connectivity index (χ4v) is 2.35. The molecule has 0 radical (unpaired) electrons. The number of carbonyl (C=O) groups excluding carboxylic acids is 1. The molecule has 1 saturated carbocycles. The molecule has 2 aliphatic rings. The van der Waals surface area contributed by atoms with Crippen LogP contribution < -0.4 is 0 Å². The van der Waals surface area contributed by atoms with E-state index in [1.54, 1.807) is 0 Å². The molecule has 1 aliphatic carbocycles. The van der Waals surface area contributed by atoms with Crippen LogP contribution in [-0.2, 0) is 9.53 Å². The van der Waals surface area contributed by atoms with Crippen molar-refractivity contribution in [2.24, 2.45) is 11.3 Å². The van der Waals surface area contributed by atoms with Gasteiger partial charge in [-0.05, 0) is 17.9 Å². The fraction of sp³-hybridized carbons (Fsp3) is 0.267. The van der Waals surface area contributed by atoms with Crippen LogP contribution in [0.25, 0.3) is 6.08 Å². The normalized spacial score (nSPS) is 30.8. The molecule has 1 aromatic carbocycles. The Morgan fingerprint density at radius 3 is 2.88 bits per heavy atom. The molecule has 1 heterocycles. The van der Waals surface area contributed by atoms with Crippen LogP contribution in [0.15, 0.2) is 48.6 Å². The van der Waals surface area contributed by atoms with E-state index in [1.807, 2.05) is 30.4 Å². The van der Waals surface area contributed by atoms with Gasteiger partial charge in [0.25, 0.3) is 0 Å². The van der Waals surface area contributed by atoms with E-state index in [-0.39, 0.29) is 11.4 Å². The van der Waals surface area contributed by atoms with Gasteiger partial charge < -0.3 is 4.74 Å². The number of rotatable bonds is 2. The molecule has 0 saturated heterocycles. The molecular formula is C15H14O2. The molecule has 1 aliphatic heterocycles. The largest absolute Gasteiger partial charge is 0.461 e. The number of allylic oxidation sites excluding steroid dienone is 1. The summed E-state index contributed by atoms with van der Waals surface area (Å²) in [6.45, 7) is 0.426. The van der Waals surface area contributed by atoms with Gasteiger partial charge in [-0.3, -0.25) is 4.79 Å². The van der Waals surface area contributed by atoms with Gasteiger partial charge in [0.15, 0.2) is 0 Å². The van der Waals surface area contributed by atoms with Crippen molar-refractivity contribution >= 4 is 12.0 Å². The highest BCUT2D eigenvalue weighted by Crippen LogP contribution is 2.56. The monoisotopic (exact) mass is 226 g/mol. The highest BCUT2D eigenvalue weighted by molar-refractivity contribution is 5.85. The molecule has 2 heteroatoms. The molecule has 2 nitrogen and oxygen atoms in total. The number of carbonyl (C=O) groups is 1. The second-order valence-electron chi connectivity index (χ2n) is 4.62. The van der Waals surface area contributed by atoms with Crippen LogP contribution in [0.5, 0.6) is 0 Å². The van der Waals surface area contributed by atoms with Gasteiger partial charge in [0.2, 0.25) is 0 Å². The number of hydrogen-bond acceptors (Lipinski definition) is 2. The zero-order valence-electron chi connectivity index (χ0n) is 9.50. The van der Waals surface area contributed by atoms with Crippen LogP contribution in [0.1, 0.15) is 12.0 Å². The Morgan fingerprint density at radius 2 is 2.12 bits per heavy atom. The van der Waals surface area contributed by atoms with Gasteiger partial charge in [-0.15, -0.1) is 0 Å². The minimum absolute atomic E-state index is 0.0669. The van der Waals surface area contributed by atoms with Crippen LogP contribution in [0.4, 0.5) is 0 Å². The third kappa shape index (κ3) is 1.80. The lowest BCUT2D eigenvalue weighted by Gasteiger charge is -2.14. The molecule has 0 aromatic heterocycles. The Kier molecular flexibility index (Phi) is 2.36. The topological polar surface area (TPSA) is 26.3 Å². The van der Waals surface area contributed by atoms with E-state index < -0.39 is 0 Å². The number of hydrogen-bond donors (Lipinski definition) is 0. The highest BCUT2D eigenvalue weighted by Gasteiger charge is 2.58. The summed E-state index contributed by atoms with van der Waals surface area (Å²) in [5.74, 6) is 0.231. The first kappa shape index (κ1) is 10.3. The van der Waals surface area contributed by atoms with Crippen LogP contribution >= 0.6 is 0 Å². The molecule has 3 rings (SSSR count). The third-order valence-electron chi connectivity index (χ3n) is 3.49. The maximum absolute atomic E-state index is 11.7. The van der Waals surface area contributed by atoms with E-state index in [2.05, 4.69) is 24.3 Å². The summed E-state index contributed by atoms with van der Waals surface area (Å²) in [7, 11) is 0. The Labute approximate surface area is 101 Å². The van der Waals surface area contributed by atoms with Crippen molar-refractivity contribution in [1.82, 2.24) is 0 Å². The lowest BCUT2D eigenvalue weighted by molar-refractivity contribution is -0.148.